The van der Waals surface area contributed by atoms with Crippen molar-refractivity contribution < 1.29 is 13.9 Å². The van der Waals surface area contributed by atoms with E-state index < -0.39 is 17.7 Å². The van der Waals surface area contributed by atoms with Crippen LogP contribution in [0.25, 0.3) is 0 Å². The van der Waals surface area contributed by atoms with Gasteiger partial charge in [-0.3, -0.25) is 9.58 Å². The van der Waals surface area contributed by atoms with Gasteiger partial charge in [0.15, 0.2) is 11.6 Å². The summed E-state index contributed by atoms with van der Waals surface area (Å²) in [7, 11) is 1.87. The Hall–Kier alpha value is -1.79. The van der Waals surface area contributed by atoms with Crippen molar-refractivity contribution in [3.63, 3.8) is 0 Å². The van der Waals surface area contributed by atoms with Crippen molar-refractivity contribution in [2.45, 2.75) is 25.0 Å². The van der Waals surface area contributed by atoms with Gasteiger partial charge in [-0.05, 0) is 36.1 Å². The van der Waals surface area contributed by atoms with Crippen molar-refractivity contribution in [1.29, 1.82) is 0 Å². The normalized spacial score (nSPS) is 22.4. The van der Waals surface area contributed by atoms with Crippen molar-refractivity contribution in [3.8, 4) is 0 Å². The van der Waals surface area contributed by atoms with E-state index >= 15 is 0 Å². The van der Waals surface area contributed by atoms with Crippen LogP contribution in [0.15, 0.2) is 30.6 Å². The zero-order valence-corrected chi connectivity index (χ0v) is 12.4. The zero-order chi connectivity index (χ0) is 15.7. The van der Waals surface area contributed by atoms with Crippen LogP contribution in [0, 0.1) is 11.6 Å². The smallest absolute Gasteiger partial charge is 0.159 e. The second-order valence-corrected chi connectivity index (χ2v) is 5.85. The van der Waals surface area contributed by atoms with Gasteiger partial charge in [0.1, 0.15) is 0 Å². The van der Waals surface area contributed by atoms with Gasteiger partial charge in [-0.25, -0.2) is 8.78 Å². The summed E-state index contributed by atoms with van der Waals surface area (Å²) < 4.78 is 28.3. The van der Waals surface area contributed by atoms with Crippen LogP contribution in [-0.2, 0) is 13.5 Å². The maximum absolute atomic E-state index is 13.4. The van der Waals surface area contributed by atoms with Crippen LogP contribution in [0.5, 0.6) is 0 Å². The highest BCUT2D eigenvalue weighted by atomic mass is 19.2. The summed E-state index contributed by atoms with van der Waals surface area (Å²) in [4.78, 5) is 2.12. The molecule has 118 valence electrons. The Morgan fingerprint density at radius 2 is 2.14 bits per heavy atom. The molecule has 3 rings (SSSR count). The number of likely N-dealkylation sites (tertiary alicyclic amines) is 1. The number of aliphatic hydroxyl groups is 1. The minimum atomic E-state index is -0.843. The van der Waals surface area contributed by atoms with Crippen LogP contribution in [0.3, 0.4) is 0 Å². The lowest BCUT2D eigenvalue weighted by Crippen LogP contribution is -2.27. The van der Waals surface area contributed by atoms with Gasteiger partial charge in [0, 0.05) is 32.4 Å². The number of benzene rings is 1. The van der Waals surface area contributed by atoms with Crippen LogP contribution in [0.2, 0.25) is 0 Å². The van der Waals surface area contributed by atoms with Crippen molar-refractivity contribution in [3.05, 3.63) is 53.4 Å². The van der Waals surface area contributed by atoms with E-state index in [4.69, 9.17) is 0 Å². The summed E-state index contributed by atoms with van der Waals surface area (Å²) in [5, 5.41) is 14.1. The second kappa shape index (κ2) is 6.14. The number of nitrogens with zero attached hydrogens (tertiary/aromatic N) is 3. The molecule has 2 heterocycles. The lowest BCUT2D eigenvalue weighted by molar-refractivity contribution is 0.175. The SMILES string of the molecule is Cn1cc(CCN2C[C@@H](O)C[C@@H]2c2ccc(F)c(F)c2)cn1. The Labute approximate surface area is 128 Å². The third-order valence-electron chi connectivity index (χ3n) is 4.16. The predicted molar refractivity (Wildman–Crippen MR) is 78.2 cm³/mol. The minimum absolute atomic E-state index is 0.0817. The van der Waals surface area contributed by atoms with E-state index in [9.17, 15) is 13.9 Å². The second-order valence-electron chi connectivity index (χ2n) is 5.85. The lowest BCUT2D eigenvalue weighted by Gasteiger charge is -2.24. The topological polar surface area (TPSA) is 41.3 Å². The molecule has 1 aromatic carbocycles. The first-order chi connectivity index (χ1) is 10.5. The van der Waals surface area contributed by atoms with Gasteiger partial charge < -0.3 is 5.11 Å². The zero-order valence-electron chi connectivity index (χ0n) is 12.4. The molecule has 1 saturated heterocycles. The number of aryl methyl sites for hydroxylation is 1. The molecule has 0 bridgehead atoms. The number of β-amino-alcohol motifs (C(OH)–C–C–N with tert-alkyl or cyclic N) is 1. The molecule has 0 radical (unpaired) electrons. The predicted octanol–water partition coefficient (Wildman–Crippen LogP) is 2.05. The van der Waals surface area contributed by atoms with E-state index in [0.717, 1.165) is 24.6 Å². The molecule has 1 N–H and O–H groups in total. The molecule has 1 aliphatic rings. The summed E-state index contributed by atoms with van der Waals surface area (Å²) in [6.45, 7) is 1.29. The van der Waals surface area contributed by atoms with Crippen molar-refractivity contribution in [1.82, 2.24) is 14.7 Å². The number of aromatic nitrogens is 2. The maximum Gasteiger partial charge on any atom is 0.159 e. The molecule has 1 aliphatic heterocycles. The number of aliphatic hydroxyl groups excluding tert-OH is 1. The maximum atomic E-state index is 13.4. The monoisotopic (exact) mass is 307 g/mol. The molecule has 0 saturated carbocycles. The largest absolute Gasteiger partial charge is 0.392 e. The van der Waals surface area contributed by atoms with Gasteiger partial charge in [-0.15, -0.1) is 0 Å². The Kier molecular flexibility index (Phi) is 4.22. The molecule has 2 aromatic rings. The van der Waals surface area contributed by atoms with Crippen molar-refractivity contribution in [2.24, 2.45) is 7.05 Å². The highest BCUT2D eigenvalue weighted by molar-refractivity contribution is 5.23. The number of hydrogen-bond acceptors (Lipinski definition) is 3. The van der Waals surface area contributed by atoms with Gasteiger partial charge in [0.05, 0.1) is 12.3 Å². The van der Waals surface area contributed by atoms with Crippen LogP contribution in [-0.4, -0.2) is 39.0 Å². The van der Waals surface area contributed by atoms with E-state index in [1.165, 1.54) is 6.07 Å². The molecule has 6 heteroatoms. The highest BCUT2D eigenvalue weighted by Crippen LogP contribution is 2.32. The van der Waals surface area contributed by atoms with Crippen LogP contribution >= 0.6 is 0 Å². The highest BCUT2D eigenvalue weighted by Gasteiger charge is 2.32. The quantitative estimate of drug-likeness (QED) is 0.940. The van der Waals surface area contributed by atoms with Crippen LogP contribution < -0.4 is 0 Å². The molecule has 0 spiro atoms. The van der Waals surface area contributed by atoms with Crippen molar-refractivity contribution >= 4 is 0 Å². The van der Waals surface area contributed by atoms with Gasteiger partial charge in [-0.1, -0.05) is 6.07 Å². The third-order valence-corrected chi connectivity index (χ3v) is 4.16. The van der Waals surface area contributed by atoms with Crippen molar-refractivity contribution in [2.75, 3.05) is 13.1 Å². The van der Waals surface area contributed by atoms with Gasteiger partial charge >= 0.3 is 0 Å². The summed E-state index contributed by atoms with van der Waals surface area (Å²) in [5.74, 6) is -1.68. The van der Waals surface area contributed by atoms with E-state index in [2.05, 4.69) is 10.00 Å². The summed E-state index contributed by atoms with van der Waals surface area (Å²) in [5.41, 5.74) is 1.83. The van der Waals surface area contributed by atoms with E-state index in [1.54, 1.807) is 10.7 Å². The Morgan fingerprint density at radius 1 is 1.32 bits per heavy atom. The van der Waals surface area contributed by atoms with Crippen LogP contribution in [0.4, 0.5) is 8.78 Å². The fourth-order valence-electron chi connectivity index (χ4n) is 3.07. The Balaban J connectivity index is 1.72. The average molecular weight is 307 g/mol. The molecule has 0 unspecified atom stereocenters. The molecular formula is C16H19F2N3O. The van der Waals surface area contributed by atoms with Gasteiger partial charge in [0.25, 0.3) is 0 Å². The van der Waals surface area contributed by atoms with Gasteiger partial charge in [0.2, 0.25) is 0 Å². The lowest BCUT2D eigenvalue weighted by atomic mass is 10.0. The Morgan fingerprint density at radius 3 is 2.82 bits per heavy atom. The third kappa shape index (κ3) is 3.18. The Bertz CT molecular complexity index is 659. The molecule has 1 fully saturated rings. The van der Waals surface area contributed by atoms with E-state index in [0.29, 0.717) is 18.5 Å². The fourth-order valence-corrected chi connectivity index (χ4v) is 3.07. The minimum Gasteiger partial charge on any atom is -0.392 e. The molecule has 1 aromatic heterocycles. The van der Waals surface area contributed by atoms with Crippen LogP contribution in [0.1, 0.15) is 23.6 Å². The molecule has 22 heavy (non-hydrogen) atoms. The summed E-state index contributed by atoms with van der Waals surface area (Å²) in [6, 6.07) is 3.89. The van der Waals surface area contributed by atoms with E-state index in [-0.39, 0.29) is 6.04 Å². The fraction of sp³-hybridized carbons (Fsp3) is 0.438. The number of halogens is 2. The molecular weight excluding hydrogens is 288 g/mol. The molecule has 0 amide bonds. The first-order valence-electron chi connectivity index (χ1n) is 7.37. The average Bonchev–Trinajstić information content (AvgIpc) is 3.05. The summed E-state index contributed by atoms with van der Waals surface area (Å²) >= 11 is 0. The number of rotatable bonds is 4. The molecule has 0 aliphatic carbocycles. The molecule has 2 atom stereocenters. The summed E-state index contributed by atoms with van der Waals surface area (Å²) in [6.07, 6.45) is 4.68. The number of hydrogen-bond donors (Lipinski definition) is 1. The molecule has 4 nitrogen and oxygen atoms in total. The van der Waals surface area contributed by atoms with E-state index in [1.807, 2.05) is 19.4 Å². The first kappa shape index (κ1) is 15.1. The standard InChI is InChI=1S/C16H19F2N3O/c1-20-9-11(8-19-20)4-5-21-10-13(22)7-16(21)12-2-3-14(17)15(18)6-12/h2-3,6,8-9,13,16,22H,4-5,7,10H2,1H3/t13-,16+/m0/s1. The van der Waals surface area contributed by atoms with Gasteiger partial charge in [-0.2, -0.15) is 5.10 Å². The first-order valence-corrected chi connectivity index (χ1v) is 7.37.